The van der Waals surface area contributed by atoms with Crippen molar-refractivity contribution in [3.8, 4) is 0 Å². The largest absolute Gasteiger partial charge is 0.444 e. The van der Waals surface area contributed by atoms with Crippen molar-refractivity contribution in [1.29, 1.82) is 0 Å². The first-order chi connectivity index (χ1) is 16.7. The number of nitrogens with one attached hydrogen (secondary N) is 3. The molecule has 0 saturated carbocycles. The molecule has 1 saturated heterocycles. The molecule has 0 aromatic heterocycles. The summed E-state index contributed by atoms with van der Waals surface area (Å²) in [6, 6.07) is 13.2. The summed E-state index contributed by atoms with van der Waals surface area (Å²) in [5.74, 6) is 0.359. The molecule has 2 aromatic carbocycles. The first-order valence-electron chi connectivity index (χ1n) is 11.1. The number of carbonyl (C=O) groups is 1. The number of hydrogen-bond donors (Lipinski definition) is 3. The van der Waals surface area contributed by atoms with Crippen LogP contribution in [0, 0.1) is 5.92 Å². The molecule has 1 amide bonds. The molecule has 3 rings (SSSR count). The number of anilines is 1. The summed E-state index contributed by atoms with van der Waals surface area (Å²) >= 11 is 3.22. The molecule has 1 aliphatic rings. The topological polar surface area (TPSA) is 134 Å². The van der Waals surface area contributed by atoms with E-state index in [-0.39, 0.29) is 9.79 Å². The Balaban J connectivity index is 0.000000319. The summed E-state index contributed by atoms with van der Waals surface area (Å²) in [5, 5.41) is 2.77. The van der Waals surface area contributed by atoms with Gasteiger partial charge in [0.25, 0.3) is 0 Å². The van der Waals surface area contributed by atoms with E-state index in [1.807, 2.05) is 20.8 Å². The van der Waals surface area contributed by atoms with Gasteiger partial charge in [0, 0.05) is 35.7 Å². The molecular weight excluding hydrogens is 572 g/mol. The highest BCUT2D eigenvalue weighted by Gasteiger charge is 2.28. The maximum Gasteiger partial charge on any atom is 0.407 e. The lowest BCUT2D eigenvalue weighted by atomic mass is 9.99. The van der Waals surface area contributed by atoms with Crippen molar-refractivity contribution in [2.24, 2.45) is 5.92 Å². The number of alkyl carbamates (subject to hydrolysis) is 1. The van der Waals surface area contributed by atoms with Crippen LogP contribution in [0.3, 0.4) is 0 Å². The van der Waals surface area contributed by atoms with Gasteiger partial charge in [-0.05, 0) is 83.4 Å². The highest BCUT2D eigenvalue weighted by atomic mass is 79.9. The molecule has 0 unspecified atom stereocenters. The molecule has 2 aromatic rings. The van der Waals surface area contributed by atoms with Gasteiger partial charge in [0.05, 0.1) is 9.79 Å². The molecule has 1 heterocycles. The number of rotatable bonds is 7. The average molecular weight is 606 g/mol. The SMILES string of the molecule is CNS(=O)(=O)c1ccc(Br)cc1.CNS(=O)(=O)c1ccc(N2CC(CNC(=O)OC(C)(C)C)C2)cc1. The van der Waals surface area contributed by atoms with Gasteiger partial charge in [-0.2, -0.15) is 0 Å². The molecule has 0 spiro atoms. The third-order valence-corrected chi connectivity index (χ3v) is 8.45. The fraction of sp³-hybridized carbons (Fsp3) is 0.435. The van der Waals surface area contributed by atoms with Gasteiger partial charge >= 0.3 is 6.09 Å². The summed E-state index contributed by atoms with van der Waals surface area (Å²) < 4.78 is 56.3. The van der Waals surface area contributed by atoms with Gasteiger partial charge in [-0.15, -0.1) is 0 Å². The van der Waals surface area contributed by atoms with Crippen molar-refractivity contribution in [2.75, 3.05) is 38.6 Å². The van der Waals surface area contributed by atoms with Gasteiger partial charge in [0.15, 0.2) is 0 Å². The maximum absolute atomic E-state index is 11.7. The Morgan fingerprint density at radius 3 is 1.78 bits per heavy atom. The molecule has 1 aliphatic heterocycles. The molecule has 13 heteroatoms. The van der Waals surface area contributed by atoms with Crippen LogP contribution in [-0.2, 0) is 24.8 Å². The Hall–Kier alpha value is -2.19. The monoisotopic (exact) mass is 604 g/mol. The Kier molecular flexibility index (Phi) is 10.3. The fourth-order valence-electron chi connectivity index (χ4n) is 3.14. The standard InChI is InChI=1S/C16H25N3O4S.C7H8BrNO2S/c1-16(2,3)23-15(20)18-9-12-10-19(11-12)13-5-7-14(8-6-13)24(21,22)17-4;1-9-12(10,11)7-4-2-6(8)3-5-7/h5-8,12,17H,9-11H2,1-4H3,(H,18,20);2-5,9H,1H3. The van der Waals surface area contributed by atoms with E-state index in [0.29, 0.717) is 12.5 Å². The van der Waals surface area contributed by atoms with Crippen molar-refractivity contribution in [3.63, 3.8) is 0 Å². The number of benzene rings is 2. The third-order valence-electron chi connectivity index (χ3n) is 5.06. The van der Waals surface area contributed by atoms with Crippen molar-refractivity contribution in [3.05, 3.63) is 53.0 Å². The van der Waals surface area contributed by atoms with Gasteiger partial charge in [0.1, 0.15) is 5.60 Å². The van der Waals surface area contributed by atoms with E-state index in [9.17, 15) is 21.6 Å². The zero-order valence-corrected chi connectivity index (χ0v) is 24.1. The summed E-state index contributed by atoms with van der Waals surface area (Å²) in [6.07, 6.45) is -0.400. The lowest BCUT2D eigenvalue weighted by Gasteiger charge is -2.41. The van der Waals surface area contributed by atoms with Crippen LogP contribution in [-0.4, -0.2) is 62.3 Å². The second kappa shape index (κ2) is 12.4. The quantitative estimate of drug-likeness (QED) is 0.442. The van der Waals surface area contributed by atoms with Gasteiger partial charge < -0.3 is 15.0 Å². The number of ether oxygens (including phenoxy) is 1. The average Bonchev–Trinajstić information content (AvgIpc) is 2.78. The second-order valence-electron chi connectivity index (χ2n) is 9.02. The highest BCUT2D eigenvalue weighted by Crippen LogP contribution is 2.25. The van der Waals surface area contributed by atoms with Crippen LogP contribution in [0.2, 0.25) is 0 Å². The lowest BCUT2D eigenvalue weighted by Crippen LogP contribution is -2.52. The van der Waals surface area contributed by atoms with Gasteiger partial charge in [-0.3, -0.25) is 0 Å². The van der Waals surface area contributed by atoms with Gasteiger partial charge in [-0.1, -0.05) is 15.9 Å². The number of halogens is 1. The van der Waals surface area contributed by atoms with E-state index in [1.165, 1.54) is 26.2 Å². The van der Waals surface area contributed by atoms with E-state index in [4.69, 9.17) is 4.74 Å². The molecule has 0 bridgehead atoms. The Bertz CT molecular complexity index is 1220. The highest BCUT2D eigenvalue weighted by molar-refractivity contribution is 9.10. The Morgan fingerprint density at radius 1 is 0.917 bits per heavy atom. The molecular formula is C23H33BrN4O6S2. The minimum absolute atomic E-state index is 0.248. The zero-order valence-electron chi connectivity index (χ0n) is 20.9. The molecule has 1 fully saturated rings. The number of carbonyl (C=O) groups excluding carboxylic acids is 1. The van der Waals surface area contributed by atoms with Crippen molar-refractivity contribution in [1.82, 2.24) is 14.8 Å². The molecule has 200 valence electrons. The van der Waals surface area contributed by atoms with E-state index >= 15 is 0 Å². The van der Waals surface area contributed by atoms with E-state index in [2.05, 4.69) is 35.6 Å². The second-order valence-corrected chi connectivity index (χ2v) is 13.7. The number of nitrogens with zero attached hydrogens (tertiary/aromatic N) is 1. The van der Waals surface area contributed by atoms with Crippen molar-refractivity contribution < 1.29 is 26.4 Å². The minimum atomic E-state index is -3.40. The first kappa shape index (κ1) is 30.0. The van der Waals surface area contributed by atoms with Crippen molar-refractivity contribution in [2.45, 2.75) is 36.2 Å². The normalized spacial score (nSPS) is 14.3. The van der Waals surface area contributed by atoms with Crippen LogP contribution in [0.1, 0.15) is 20.8 Å². The number of sulfonamides is 2. The summed E-state index contributed by atoms with van der Waals surface area (Å²) in [7, 11) is -3.91. The molecule has 10 nitrogen and oxygen atoms in total. The van der Waals surface area contributed by atoms with E-state index < -0.39 is 31.7 Å². The predicted octanol–water partition coefficient (Wildman–Crippen LogP) is 2.91. The molecule has 0 atom stereocenters. The minimum Gasteiger partial charge on any atom is -0.444 e. The lowest BCUT2D eigenvalue weighted by molar-refractivity contribution is 0.0516. The third kappa shape index (κ3) is 9.04. The Morgan fingerprint density at radius 2 is 1.36 bits per heavy atom. The van der Waals surface area contributed by atoms with Crippen LogP contribution in [0.25, 0.3) is 0 Å². The summed E-state index contributed by atoms with van der Waals surface area (Å²) in [4.78, 5) is 14.3. The van der Waals surface area contributed by atoms with Crippen LogP contribution >= 0.6 is 15.9 Å². The smallest absolute Gasteiger partial charge is 0.407 e. The van der Waals surface area contributed by atoms with Crippen LogP contribution in [0.5, 0.6) is 0 Å². The number of amides is 1. The summed E-state index contributed by atoms with van der Waals surface area (Å²) in [5.41, 5.74) is 0.476. The van der Waals surface area contributed by atoms with Crippen LogP contribution in [0.4, 0.5) is 10.5 Å². The molecule has 3 N–H and O–H groups in total. The van der Waals surface area contributed by atoms with Crippen molar-refractivity contribution >= 4 is 47.8 Å². The number of hydrogen-bond acceptors (Lipinski definition) is 7. The summed E-state index contributed by atoms with van der Waals surface area (Å²) in [6.45, 7) is 7.68. The molecule has 0 aliphatic carbocycles. The van der Waals surface area contributed by atoms with Crippen LogP contribution < -0.4 is 19.7 Å². The van der Waals surface area contributed by atoms with E-state index in [1.54, 1.807) is 36.4 Å². The zero-order chi connectivity index (χ0) is 27.1. The molecule has 36 heavy (non-hydrogen) atoms. The predicted molar refractivity (Wildman–Crippen MR) is 143 cm³/mol. The van der Waals surface area contributed by atoms with Gasteiger partial charge in [0.2, 0.25) is 20.0 Å². The van der Waals surface area contributed by atoms with E-state index in [0.717, 1.165) is 23.2 Å². The Labute approximate surface area is 222 Å². The maximum atomic E-state index is 11.7. The van der Waals surface area contributed by atoms with Gasteiger partial charge in [-0.25, -0.2) is 31.1 Å². The van der Waals surface area contributed by atoms with Crippen LogP contribution in [0.15, 0.2) is 62.8 Å². The fourth-order valence-corrected chi connectivity index (χ4v) is 4.86. The molecule has 0 radical (unpaired) electrons. The first-order valence-corrected chi connectivity index (χ1v) is 14.9.